The smallest absolute Gasteiger partial charge is 0.268 e. The molecule has 0 spiro atoms. The molecule has 1 atom stereocenters. The van der Waals surface area contributed by atoms with Crippen molar-refractivity contribution in [2.75, 3.05) is 0 Å². The topological polar surface area (TPSA) is 44.9 Å². The van der Waals surface area contributed by atoms with E-state index in [-0.39, 0.29) is 11.9 Å². The molecule has 3 nitrogen and oxygen atoms in total. The molecule has 21 heavy (non-hydrogen) atoms. The first-order valence-corrected chi connectivity index (χ1v) is 7.15. The van der Waals surface area contributed by atoms with E-state index in [9.17, 15) is 4.79 Å². The first-order chi connectivity index (χ1) is 10.1. The van der Waals surface area contributed by atoms with E-state index in [1.807, 2.05) is 61.5 Å². The highest BCUT2D eigenvalue weighted by atomic mass is 35.5. The molecular weight excluding hydrogens is 284 g/mol. The molecule has 1 heterocycles. The minimum atomic E-state index is -0.117. The second-order valence-corrected chi connectivity index (χ2v) is 5.45. The summed E-state index contributed by atoms with van der Waals surface area (Å²) in [7, 11) is 0. The number of carbonyl (C=O) groups is 1. The van der Waals surface area contributed by atoms with Gasteiger partial charge in [-0.25, -0.2) is 0 Å². The van der Waals surface area contributed by atoms with Gasteiger partial charge in [-0.1, -0.05) is 41.9 Å². The summed E-state index contributed by atoms with van der Waals surface area (Å²) in [5.74, 6) is -0.117. The van der Waals surface area contributed by atoms with Gasteiger partial charge in [0, 0.05) is 15.9 Å². The third-order valence-corrected chi connectivity index (χ3v) is 3.74. The van der Waals surface area contributed by atoms with E-state index in [2.05, 4.69) is 10.3 Å². The van der Waals surface area contributed by atoms with Crippen LogP contribution < -0.4 is 5.32 Å². The Morgan fingerprint density at radius 3 is 2.57 bits per heavy atom. The van der Waals surface area contributed by atoms with Crippen LogP contribution in [0.25, 0.3) is 10.9 Å². The summed E-state index contributed by atoms with van der Waals surface area (Å²) in [5, 5.41) is 4.70. The van der Waals surface area contributed by atoms with Gasteiger partial charge in [-0.2, -0.15) is 0 Å². The summed E-state index contributed by atoms with van der Waals surface area (Å²) in [6.07, 6.45) is 0. The number of H-pyrrole nitrogens is 1. The Hall–Kier alpha value is -2.26. The Morgan fingerprint density at radius 1 is 1.14 bits per heavy atom. The van der Waals surface area contributed by atoms with E-state index in [1.165, 1.54) is 0 Å². The fourth-order valence-corrected chi connectivity index (χ4v) is 2.43. The highest BCUT2D eigenvalue weighted by Crippen LogP contribution is 2.18. The summed E-state index contributed by atoms with van der Waals surface area (Å²) in [6, 6.07) is 17.1. The number of aromatic amines is 1. The van der Waals surface area contributed by atoms with Gasteiger partial charge in [-0.05, 0) is 36.8 Å². The quantitative estimate of drug-likeness (QED) is 0.743. The minimum absolute atomic E-state index is 0.0822. The molecule has 0 saturated heterocycles. The van der Waals surface area contributed by atoms with E-state index in [0.717, 1.165) is 16.5 Å². The molecule has 1 aromatic heterocycles. The van der Waals surface area contributed by atoms with Crippen LogP contribution in [0, 0.1) is 0 Å². The summed E-state index contributed by atoms with van der Waals surface area (Å²) in [5.41, 5.74) is 2.54. The number of benzene rings is 2. The van der Waals surface area contributed by atoms with Crippen LogP contribution in [0.15, 0.2) is 54.6 Å². The third-order valence-electron chi connectivity index (χ3n) is 3.49. The van der Waals surface area contributed by atoms with Crippen LogP contribution in [0.3, 0.4) is 0 Å². The molecule has 0 bridgehead atoms. The molecule has 3 rings (SSSR count). The van der Waals surface area contributed by atoms with Crippen molar-refractivity contribution in [2.24, 2.45) is 0 Å². The van der Waals surface area contributed by atoms with Crippen molar-refractivity contribution in [2.45, 2.75) is 13.0 Å². The predicted molar refractivity (Wildman–Crippen MR) is 85.6 cm³/mol. The molecule has 3 aromatic rings. The molecule has 106 valence electrons. The Labute approximate surface area is 127 Å². The maximum absolute atomic E-state index is 12.3. The Kier molecular flexibility index (Phi) is 3.67. The van der Waals surface area contributed by atoms with Crippen molar-refractivity contribution in [3.8, 4) is 0 Å². The zero-order valence-electron chi connectivity index (χ0n) is 11.6. The van der Waals surface area contributed by atoms with Gasteiger partial charge in [-0.3, -0.25) is 4.79 Å². The molecule has 1 amide bonds. The predicted octanol–water partition coefficient (Wildman–Crippen LogP) is 4.31. The fraction of sp³-hybridized carbons (Fsp3) is 0.118. The van der Waals surface area contributed by atoms with Crippen molar-refractivity contribution in [3.63, 3.8) is 0 Å². The number of amides is 1. The summed E-state index contributed by atoms with van der Waals surface area (Å²) < 4.78 is 0. The van der Waals surface area contributed by atoms with Gasteiger partial charge in [-0.15, -0.1) is 0 Å². The first kappa shape index (κ1) is 13.7. The molecule has 2 N–H and O–H groups in total. The molecule has 0 unspecified atom stereocenters. The number of para-hydroxylation sites is 1. The number of hydrogen-bond acceptors (Lipinski definition) is 1. The van der Waals surface area contributed by atoms with E-state index in [1.54, 1.807) is 0 Å². The summed E-state index contributed by atoms with van der Waals surface area (Å²) >= 11 is 5.87. The van der Waals surface area contributed by atoms with Gasteiger partial charge in [0.1, 0.15) is 5.69 Å². The second-order valence-electron chi connectivity index (χ2n) is 5.02. The summed E-state index contributed by atoms with van der Waals surface area (Å²) in [4.78, 5) is 15.4. The van der Waals surface area contributed by atoms with Crippen LogP contribution in [0.1, 0.15) is 29.0 Å². The number of aromatic nitrogens is 1. The second kappa shape index (κ2) is 5.62. The zero-order valence-corrected chi connectivity index (χ0v) is 12.3. The van der Waals surface area contributed by atoms with Crippen molar-refractivity contribution in [1.29, 1.82) is 0 Å². The Balaban J connectivity index is 1.77. The molecule has 2 aromatic carbocycles. The number of fused-ring (bicyclic) bond motifs is 1. The first-order valence-electron chi connectivity index (χ1n) is 6.77. The Morgan fingerprint density at radius 2 is 1.86 bits per heavy atom. The molecular formula is C17H15ClN2O. The van der Waals surface area contributed by atoms with Crippen LogP contribution >= 0.6 is 11.6 Å². The van der Waals surface area contributed by atoms with Crippen LogP contribution in [0.4, 0.5) is 0 Å². The van der Waals surface area contributed by atoms with Crippen molar-refractivity contribution in [3.05, 3.63) is 70.9 Å². The van der Waals surface area contributed by atoms with Crippen molar-refractivity contribution in [1.82, 2.24) is 10.3 Å². The average Bonchev–Trinajstić information content (AvgIpc) is 2.92. The highest BCUT2D eigenvalue weighted by Gasteiger charge is 2.13. The van der Waals surface area contributed by atoms with Gasteiger partial charge in [0.05, 0.1) is 6.04 Å². The molecule has 0 fully saturated rings. The van der Waals surface area contributed by atoms with E-state index in [0.29, 0.717) is 10.7 Å². The SMILES string of the molecule is C[C@H](NC(=O)c1cc2ccccc2[nH]1)c1ccc(Cl)cc1. The zero-order chi connectivity index (χ0) is 14.8. The fourth-order valence-electron chi connectivity index (χ4n) is 2.30. The number of carbonyl (C=O) groups excluding carboxylic acids is 1. The van der Waals surface area contributed by atoms with Crippen molar-refractivity contribution >= 4 is 28.4 Å². The van der Waals surface area contributed by atoms with Gasteiger partial charge >= 0.3 is 0 Å². The van der Waals surface area contributed by atoms with Crippen LogP contribution in [-0.2, 0) is 0 Å². The van der Waals surface area contributed by atoms with Gasteiger partial charge in [0.25, 0.3) is 5.91 Å². The largest absolute Gasteiger partial charge is 0.351 e. The monoisotopic (exact) mass is 298 g/mol. The lowest BCUT2D eigenvalue weighted by Crippen LogP contribution is -2.26. The standard InChI is InChI=1S/C17H15ClN2O/c1-11(12-6-8-14(18)9-7-12)19-17(21)16-10-13-4-2-3-5-15(13)20-16/h2-11,20H,1H3,(H,19,21)/t11-/m0/s1. The Bertz CT molecular complexity index is 744. The number of nitrogens with one attached hydrogen (secondary N) is 2. The summed E-state index contributed by atoms with van der Waals surface area (Å²) in [6.45, 7) is 1.95. The van der Waals surface area contributed by atoms with Crippen LogP contribution in [-0.4, -0.2) is 10.9 Å². The number of hydrogen-bond donors (Lipinski definition) is 2. The average molecular weight is 299 g/mol. The molecule has 4 heteroatoms. The third kappa shape index (κ3) is 2.93. The number of halogens is 1. The van der Waals surface area contributed by atoms with Gasteiger partial charge in [0.2, 0.25) is 0 Å². The van der Waals surface area contributed by atoms with Crippen molar-refractivity contribution < 1.29 is 4.79 Å². The van der Waals surface area contributed by atoms with E-state index < -0.39 is 0 Å². The molecule has 0 saturated carbocycles. The van der Waals surface area contributed by atoms with Gasteiger partial charge < -0.3 is 10.3 Å². The van der Waals surface area contributed by atoms with E-state index in [4.69, 9.17) is 11.6 Å². The lowest BCUT2D eigenvalue weighted by molar-refractivity contribution is 0.0935. The highest BCUT2D eigenvalue weighted by molar-refractivity contribution is 6.30. The minimum Gasteiger partial charge on any atom is -0.351 e. The lowest BCUT2D eigenvalue weighted by atomic mass is 10.1. The maximum atomic E-state index is 12.3. The molecule has 0 radical (unpaired) electrons. The molecule has 0 aliphatic heterocycles. The molecule has 0 aliphatic rings. The normalized spacial score (nSPS) is 12.3. The lowest BCUT2D eigenvalue weighted by Gasteiger charge is -2.13. The van der Waals surface area contributed by atoms with Crippen LogP contribution in [0.2, 0.25) is 5.02 Å². The molecule has 0 aliphatic carbocycles. The van der Waals surface area contributed by atoms with Gasteiger partial charge in [0.15, 0.2) is 0 Å². The van der Waals surface area contributed by atoms with Crippen LogP contribution in [0.5, 0.6) is 0 Å². The number of rotatable bonds is 3. The maximum Gasteiger partial charge on any atom is 0.268 e. The van der Waals surface area contributed by atoms with E-state index >= 15 is 0 Å².